The van der Waals surface area contributed by atoms with Crippen LogP contribution in [0.3, 0.4) is 0 Å². The van der Waals surface area contributed by atoms with Crippen LogP contribution in [0.4, 0.5) is 4.39 Å². The Labute approximate surface area is 142 Å². The van der Waals surface area contributed by atoms with Crippen molar-refractivity contribution in [3.8, 4) is 0 Å². The first kappa shape index (κ1) is 16.7. The maximum Gasteiger partial charge on any atom is 0.256 e. The lowest BCUT2D eigenvalue weighted by Gasteiger charge is -2.36. The molecule has 4 heteroatoms. The largest absolute Gasteiger partial charge is 0.340 e. The SMILES string of the molecule is Cc1ccc(C(=O)N(C)CC2Cc3ccccc3CN2C)c(F)c1. The van der Waals surface area contributed by atoms with Crippen LogP contribution in [0.2, 0.25) is 0 Å². The molecule has 1 unspecified atom stereocenters. The Morgan fingerprint density at radius 2 is 1.96 bits per heavy atom. The third kappa shape index (κ3) is 3.34. The summed E-state index contributed by atoms with van der Waals surface area (Å²) < 4.78 is 14.1. The number of amides is 1. The van der Waals surface area contributed by atoms with Gasteiger partial charge in [-0.2, -0.15) is 0 Å². The van der Waals surface area contributed by atoms with Crippen molar-refractivity contribution in [1.82, 2.24) is 9.80 Å². The summed E-state index contributed by atoms with van der Waals surface area (Å²) in [4.78, 5) is 16.5. The third-order valence-corrected chi connectivity index (χ3v) is 4.80. The highest BCUT2D eigenvalue weighted by molar-refractivity contribution is 5.94. The van der Waals surface area contributed by atoms with Gasteiger partial charge in [-0.1, -0.05) is 30.3 Å². The van der Waals surface area contributed by atoms with E-state index in [1.807, 2.05) is 6.92 Å². The van der Waals surface area contributed by atoms with Crippen LogP contribution in [0, 0.1) is 12.7 Å². The molecule has 3 rings (SSSR count). The molecule has 0 spiro atoms. The predicted octanol–water partition coefficient (Wildman–Crippen LogP) is 3.26. The Kier molecular flexibility index (Phi) is 4.67. The van der Waals surface area contributed by atoms with Crippen LogP contribution in [0.15, 0.2) is 42.5 Å². The normalized spacial score (nSPS) is 17.4. The number of benzene rings is 2. The van der Waals surface area contributed by atoms with Crippen molar-refractivity contribution in [2.24, 2.45) is 0 Å². The number of rotatable bonds is 3. The number of halogens is 1. The molecule has 0 saturated carbocycles. The van der Waals surface area contributed by atoms with Gasteiger partial charge in [0.2, 0.25) is 0 Å². The van der Waals surface area contributed by atoms with Gasteiger partial charge in [-0.25, -0.2) is 4.39 Å². The molecule has 0 fully saturated rings. The first-order valence-corrected chi connectivity index (χ1v) is 8.24. The van der Waals surface area contributed by atoms with E-state index in [1.54, 1.807) is 24.1 Å². The number of fused-ring (bicyclic) bond motifs is 1. The minimum Gasteiger partial charge on any atom is -0.340 e. The lowest BCUT2D eigenvalue weighted by Crippen LogP contribution is -2.46. The summed E-state index contributed by atoms with van der Waals surface area (Å²) in [5.41, 5.74) is 3.63. The van der Waals surface area contributed by atoms with E-state index in [2.05, 4.69) is 36.2 Å². The molecule has 0 radical (unpaired) electrons. The zero-order valence-corrected chi connectivity index (χ0v) is 14.4. The first-order valence-electron chi connectivity index (χ1n) is 8.24. The zero-order valence-electron chi connectivity index (χ0n) is 14.4. The first-order chi connectivity index (χ1) is 11.5. The number of likely N-dealkylation sites (N-methyl/N-ethyl adjacent to an activating group) is 2. The van der Waals surface area contributed by atoms with E-state index in [-0.39, 0.29) is 17.5 Å². The van der Waals surface area contributed by atoms with Crippen LogP contribution < -0.4 is 0 Å². The van der Waals surface area contributed by atoms with Gasteiger partial charge >= 0.3 is 0 Å². The van der Waals surface area contributed by atoms with Crippen LogP contribution in [-0.2, 0) is 13.0 Å². The van der Waals surface area contributed by atoms with Crippen molar-refractivity contribution < 1.29 is 9.18 Å². The number of hydrogen-bond donors (Lipinski definition) is 0. The summed E-state index contributed by atoms with van der Waals surface area (Å²) in [6.07, 6.45) is 0.903. The summed E-state index contributed by atoms with van der Waals surface area (Å²) >= 11 is 0. The Balaban J connectivity index is 1.72. The molecule has 0 aliphatic carbocycles. The van der Waals surface area contributed by atoms with E-state index in [9.17, 15) is 9.18 Å². The van der Waals surface area contributed by atoms with Crippen LogP contribution in [0.25, 0.3) is 0 Å². The molecular weight excluding hydrogens is 303 g/mol. The van der Waals surface area contributed by atoms with Crippen molar-refractivity contribution in [3.63, 3.8) is 0 Å². The Bertz CT molecular complexity index is 759. The Morgan fingerprint density at radius 3 is 2.67 bits per heavy atom. The van der Waals surface area contributed by atoms with Gasteiger partial charge in [0, 0.05) is 26.2 Å². The summed E-state index contributed by atoms with van der Waals surface area (Å²) in [7, 11) is 3.82. The van der Waals surface area contributed by atoms with Gasteiger partial charge in [-0.3, -0.25) is 9.69 Å². The van der Waals surface area contributed by atoms with Crippen molar-refractivity contribution in [2.75, 3.05) is 20.6 Å². The second-order valence-electron chi connectivity index (χ2n) is 6.71. The van der Waals surface area contributed by atoms with Crippen LogP contribution in [0.5, 0.6) is 0 Å². The quantitative estimate of drug-likeness (QED) is 0.864. The Morgan fingerprint density at radius 1 is 1.25 bits per heavy atom. The second kappa shape index (κ2) is 6.73. The van der Waals surface area contributed by atoms with Gasteiger partial charge in [-0.15, -0.1) is 0 Å². The molecule has 0 N–H and O–H groups in total. The van der Waals surface area contributed by atoms with Crippen molar-refractivity contribution in [3.05, 3.63) is 70.5 Å². The van der Waals surface area contributed by atoms with Crippen LogP contribution in [0.1, 0.15) is 27.0 Å². The maximum absolute atomic E-state index is 14.1. The minimum atomic E-state index is -0.450. The number of carbonyl (C=O) groups is 1. The lowest BCUT2D eigenvalue weighted by atomic mass is 9.94. The molecule has 0 bridgehead atoms. The molecule has 3 nitrogen and oxygen atoms in total. The highest BCUT2D eigenvalue weighted by atomic mass is 19.1. The lowest BCUT2D eigenvalue weighted by molar-refractivity contribution is 0.0729. The van der Waals surface area contributed by atoms with Gasteiger partial charge in [0.15, 0.2) is 0 Å². The molecule has 2 aromatic rings. The fourth-order valence-corrected chi connectivity index (χ4v) is 3.32. The third-order valence-electron chi connectivity index (χ3n) is 4.80. The highest BCUT2D eigenvalue weighted by Crippen LogP contribution is 2.23. The fourth-order valence-electron chi connectivity index (χ4n) is 3.32. The smallest absolute Gasteiger partial charge is 0.256 e. The van der Waals surface area contributed by atoms with Gasteiger partial charge < -0.3 is 4.90 Å². The molecule has 1 aliphatic heterocycles. The van der Waals surface area contributed by atoms with Crippen molar-refractivity contribution >= 4 is 5.91 Å². The topological polar surface area (TPSA) is 23.6 Å². The van der Waals surface area contributed by atoms with Crippen molar-refractivity contribution in [2.45, 2.75) is 25.9 Å². The van der Waals surface area contributed by atoms with Gasteiger partial charge in [0.25, 0.3) is 5.91 Å². The van der Waals surface area contributed by atoms with E-state index < -0.39 is 5.82 Å². The van der Waals surface area contributed by atoms with Crippen molar-refractivity contribution in [1.29, 1.82) is 0 Å². The molecule has 126 valence electrons. The van der Waals surface area contributed by atoms with Crippen LogP contribution in [-0.4, -0.2) is 42.4 Å². The zero-order chi connectivity index (χ0) is 17.3. The van der Waals surface area contributed by atoms with E-state index in [0.29, 0.717) is 6.54 Å². The highest BCUT2D eigenvalue weighted by Gasteiger charge is 2.26. The second-order valence-corrected chi connectivity index (χ2v) is 6.71. The number of aryl methyl sites for hydroxylation is 1. The molecule has 0 aromatic heterocycles. The van der Waals surface area contributed by atoms with Gasteiger partial charge in [0.1, 0.15) is 5.82 Å². The van der Waals surface area contributed by atoms with E-state index >= 15 is 0 Å². The molecule has 24 heavy (non-hydrogen) atoms. The molecular formula is C20H23FN2O. The van der Waals surface area contributed by atoms with Crippen LogP contribution >= 0.6 is 0 Å². The maximum atomic E-state index is 14.1. The predicted molar refractivity (Wildman–Crippen MR) is 93.5 cm³/mol. The number of nitrogens with zero attached hydrogens (tertiary/aromatic N) is 2. The van der Waals surface area contributed by atoms with Gasteiger partial charge in [0.05, 0.1) is 5.56 Å². The molecule has 0 saturated heterocycles. The summed E-state index contributed by atoms with van der Waals surface area (Å²) in [6.45, 7) is 3.27. The molecule has 2 aromatic carbocycles. The monoisotopic (exact) mass is 326 g/mol. The summed E-state index contributed by atoms with van der Waals surface area (Å²) in [5.74, 6) is -0.714. The van der Waals surface area contributed by atoms with E-state index in [0.717, 1.165) is 18.5 Å². The Hall–Kier alpha value is -2.20. The average molecular weight is 326 g/mol. The van der Waals surface area contributed by atoms with E-state index in [1.165, 1.54) is 17.2 Å². The number of carbonyl (C=O) groups excluding carboxylic acids is 1. The minimum absolute atomic E-state index is 0.141. The number of hydrogen-bond acceptors (Lipinski definition) is 2. The van der Waals surface area contributed by atoms with Gasteiger partial charge in [-0.05, 0) is 49.2 Å². The fraction of sp³-hybridized carbons (Fsp3) is 0.350. The summed E-state index contributed by atoms with van der Waals surface area (Å²) in [6, 6.07) is 13.4. The molecule has 1 heterocycles. The molecule has 1 amide bonds. The van der Waals surface area contributed by atoms with E-state index in [4.69, 9.17) is 0 Å². The standard InChI is InChI=1S/C20H23FN2O/c1-14-8-9-18(19(21)10-14)20(24)23(3)13-17-11-15-6-4-5-7-16(15)12-22(17)2/h4-10,17H,11-13H2,1-3H3. The average Bonchev–Trinajstić information content (AvgIpc) is 2.55. The summed E-state index contributed by atoms with van der Waals surface area (Å²) in [5, 5.41) is 0. The molecule has 1 aliphatic rings. The molecule has 1 atom stereocenters.